The maximum atomic E-state index is 2.47. The van der Waals surface area contributed by atoms with Gasteiger partial charge >= 0.3 is 0 Å². The Hall–Kier alpha value is -0.0200. The number of quaternary nitrogens is 1. The average Bonchev–Trinajstić information content (AvgIpc) is 2.54. The third-order valence-electron chi connectivity index (χ3n) is 3.46. The molecule has 0 aromatic carbocycles. The molecule has 2 unspecified atom stereocenters. The lowest BCUT2D eigenvalue weighted by atomic mass is 10.1. The molecule has 0 aromatic rings. The Kier molecular flexibility index (Phi) is 9.04. The average molecular weight is 291 g/mol. The number of hydrogen-bond acceptors (Lipinski definition) is 1. The van der Waals surface area contributed by atoms with E-state index < -0.39 is 0 Å². The Bertz CT molecular complexity index is 194. The van der Waals surface area contributed by atoms with Crippen molar-refractivity contribution in [1.29, 1.82) is 0 Å². The van der Waals surface area contributed by atoms with Crippen LogP contribution in [0.15, 0.2) is 12.4 Å². The van der Waals surface area contributed by atoms with Crippen LogP contribution >= 0.6 is 0 Å². The van der Waals surface area contributed by atoms with E-state index >= 15 is 0 Å². The summed E-state index contributed by atoms with van der Waals surface area (Å²) in [5, 5.41) is 0. The molecule has 0 aliphatic carbocycles. The molecule has 0 fully saturated rings. The van der Waals surface area contributed by atoms with Crippen molar-refractivity contribution in [1.82, 2.24) is 4.90 Å². The minimum atomic E-state index is 0. The lowest BCUT2D eigenvalue weighted by Crippen LogP contribution is -3.08. The molecule has 0 saturated carbocycles. The second-order valence-electron chi connectivity index (χ2n) is 4.74. The van der Waals surface area contributed by atoms with E-state index in [-0.39, 0.29) is 17.0 Å². The van der Waals surface area contributed by atoms with E-state index in [0.29, 0.717) is 6.17 Å². The molecule has 1 heterocycles. The summed E-state index contributed by atoms with van der Waals surface area (Å²) in [5.74, 6) is 0. The second kappa shape index (κ2) is 9.06. The van der Waals surface area contributed by atoms with Crippen LogP contribution in [-0.4, -0.2) is 24.7 Å². The Morgan fingerprint density at radius 3 is 2.31 bits per heavy atom. The highest BCUT2D eigenvalue weighted by Gasteiger charge is 2.22. The van der Waals surface area contributed by atoms with Crippen LogP contribution in [-0.2, 0) is 0 Å². The van der Waals surface area contributed by atoms with E-state index in [0.717, 1.165) is 0 Å². The van der Waals surface area contributed by atoms with Crippen molar-refractivity contribution in [3.8, 4) is 0 Å². The van der Waals surface area contributed by atoms with Gasteiger partial charge in [0.2, 0.25) is 0 Å². The summed E-state index contributed by atoms with van der Waals surface area (Å²) >= 11 is 0. The third kappa shape index (κ3) is 5.35. The standard InChI is InChI=1S/C13H26N2.BrH/c1-4-5-6-7-8-9-10-15-12-11-14(3)13(15)2;/h11-13H,4-10H2,1-3H3;1H. The Labute approximate surface area is 111 Å². The van der Waals surface area contributed by atoms with Gasteiger partial charge in [0.25, 0.3) is 0 Å². The van der Waals surface area contributed by atoms with E-state index in [4.69, 9.17) is 0 Å². The summed E-state index contributed by atoms with van der Waals surface area (Å²) in [4.78, 5) is 3.97. The number of rotatable bonds is 7. The number of nitrogens with zero attached hydrogens (tertiary/aromatic N) is 1. The molecule has 96 valence electrons. The maximum Gasteiger partial charge on any atom is 0.164 e. The SMILES string of the molecule is CCCCCCCCN1C=C[NH+](C)C1C.[Br-]. The van der Waals surface area contributed by atoms with Crippen LogP contribution in [0.25, 0.3) is 0 Å². The van der Waals surface area contributed by atoms with Crippen LogP contribution < -0.4 is 21.9 Å². The van der Waals surface area contributed by atoms with Gasteiger partial charge in [-0.25, -0.2) is 0 Å². The topological polar surface area (TPSA) is 7.68 Å². The molecule has 0 radical (unpaired) electrons. The number of hydrogen-bond donors (Lipinski definition) is 1. The zero-order chi connectivity index (χ0) is 11.1. The van der Waals surface area contributed by atoms with Crippen LogP contribution in [0.1, 0.15) is 52.4 Å². The Morgan fingerprint density at radius 1 is 1.12 bits per heavy atom. The molecule has 1 aliphatic rings. The van der Waals surface area contributed by atoms with Crippen molar-refractivity contribution in [3.63, 3.8) is 0 Å². The molecule has 0 amide bonds. The fourth-order valence-electron chi connectivity index (χ4n) is 2.09. The summed E-state index contributed by atoms with van der Waals surface area (Å²) < 4.78 is 0. The molecule has 1 N–H and O–H groups in total. The zero-order valence-corrected chi connectivity index (χ0v) is 12.6. The lowest BCUT2D eigenvalue weighted by molar-refractivity contribution is -0.854. The highest BCUT2D eigenvalue weighted by atomic mass is 79.9. The first-order chi connectivity index (χ1) is 7.25. The van der Waals surface area contributed by atoms with Crippen molar-refractivity contribution in [2.75, 3.05) is 13.6 Å². The van der Waals surface area contributed by atoms with Crippen LogP contribution in [0.3, 0.4) is 0 Å². The summed E-state index contributed by atoms with van der Waals surface area (Å²) in [5.41, 5.74) is 0. The first-order valence-electron chi connectivity index (χ1n) is 6.53. The predicted molar refractivity (Wildman–Crippen MR) is 65.6 cm³/mol. The van der Waals surface area contributed by atoms with Gasteiger partial charge in [-0.15, -0.1) is 0 Å². The summed E-state index contributed by atoms with van der Waals surface area (Å²) in [6.45, 7) is 5.81. The van der Waals surface area contributed by atoms with Gasteiger partial charge in [0.15, 0.2) is 6.17 Å². The van der Waals surface area contributed by atoms with Gasteiger partial charge in [-0.1, -0.05) is 39.0 Å². The predicted octanol–water partition coefficient (Wildman–Crippen LogP) is -1.00. The van der Waals surface area contributed by atoms with Gasteiger partial charge in [0.05, 0.1) is 13.2 Å². The van der Waals surface area contributed by atoms with Crippen LogP contribution in [0, 0.1) is 0 Å². The number of unbranched alkanes of at least 4 members (excludes halogenated alkanes) is 5. The second-order valence-corrected chi connectivity index (χ2v) is 4.74. The van der Waals surface area contributed by atoms with Crippen LogP contribution in [0.4, 0.5) is 0 Å². The fraction of sp³-hybridized carbons (Fsp3) is 0.846. The molecule has 3 heteroatoms. The molecule has 1 rings (SSSR count). The molecule has 0 saturated heterocycles. The van der Waals surface area contributed by atoms with Crippen molar-refractivity contribution < 1.29 is 21.9 Å². The van der Waals surface area contributed by atoms with E-state index in [9.17, 15) is 0 Å². The first-order valence-corrected chi connectivity index (χ1v) is 6.53. The van der Waals surface area contributed by atoms with Gasteiger partial charge in [-0.05, 0) is 6.42 Å². The molecule has 16 heavy (non-hydrogen) atoms. The van der Waals surface area contributed by atoms with E-state index in [1.165, 1.54) is 50.0 Å². The van der Waals surface area contributed by atoms with Gasteiger partial charge in [-0.3, -0.25) is 4.90 Å². The van der Waals surface area contributed by atoms with E-state index in [2.05, 4.69) is 38.2 Å². The van der Waals surface area contributed by atoms with Gasteiger partial charge in [0.1, 0.15) is 6.20 Å². The highest BCUT2D eigenvalue weighted by molar-refractivity contribution is 4.81. The first kappa shape index (κ1) is 16.0. The summed E-state index contributed by atoms with van der Waals surface area (Å²) in [6, 6.07) is 0. The molecular formula is C13H27BrN2. The van der Waals surface area contributed by atoms with Crippen molar-refractivity contribution in [2.45, 2.75) is 58.5 Å². The molecule has 1 aliphatic heterocycles. The number of halogens is 1. The monoisotopic (exact) mass is 290 g/mol. The van der Waals surface area contributed by atoms with E-state index in [1.807, 2.05) is 0 Å². The third-order valence-corrected chi connectivity index (χ3v) is 3.46. The molecular weight excluding hydrogens is 264 g/mol. The maximum absolute atomic E-state index is 2.47. The molecule has 0 bridgehead atoms. The van der Waals surface area contributed by atoms with Gasteiger partial charge in [-0.2, -0.15) is 0 Å². The fourth-order valence-corrected chi connectivity index (χ4v) is 2.09. The summed E-state index contributed by atoms with van der Waals surface area (Å²) in [6.07, 6.45) is 13.5. The highest BCUT2D eigenvalue weighted by Crippen LogP contribution is 2.07. The normalized spacial score (nSPS) is 23.6. The number of nitrogens with one attached hydrogen (secondary N) is 1. The minimum Gasteiger partial charge on any atom is -1.00 e. The largest absolute Gasteiger partial charge is 1.00 e. The summed E-state index contributed by atoms with van der Waals surface area (Å²) in [7, 11) is 2.22. The Balaban J connectivity index is 0.00000225. The molecule has 2 nitrogen and oxygen atoms in total. The minimum absolute atomic E-state index is 0. The zero-order valence-electron chi connectivity index (χ0n) is 11.0. The quantitative estimate of drug-likeness (QED) is 0.591. The van der Waals surface area contributed by atoms with Crippen molar-refractivity contribution >= 4 is 0 Å². The van der Waals surface area contributed by atoms with Gasteiger partial charge < -0.3 is 21.9 Å². The van der Waals surface area contributed by atoms with Crippen molar-refractivity contribution in [3.05, 3.63) is 12.4 Å². The molecule has 0 aromatic heterocycles. The Morgan fingerprint density at radius 2 is 1.75 bits per heavy atom. The van der Waals surface area contributed by atoms with E-state index in [1.54, 1.807) is 0 Å². The smallest absolute Gasteiger partial charge is 0.164 e. The van der Waals surface area contributed by atoms with Crippen molar-refractivity contribution in [2.24, 2.45) is 0 Å². The van der Waals surface area contributed by atoms with Crippen LogP contribution in [0.5, 0.6) is 0 Å². The van der Waals surface area contributed by atoms with Gasteiger partial charge in [0, 0.05) is 13.5 Å². The molecule has 0 spiro atoms. The lowest BCUT2D eigenvalue weighted by Gasteiger charge is -2.22. The van der Waals surface area contributed by atoms with Crippen LogP contribution in [0.2, 0.25) is 0 Å². The molecule has 2 atom stereocenters.